The average molecular weight is 316 g/mol. The van der Waals surface area contributed by atoms with E-state index in [1.807, 2.05) is 0 Å². The van der Waals surface area contributed by atoms with Gasteiger partial charge in [0.15, 0.2) is 0 Å². The largest absolute Gasteiger partial charge is 0.402 e. The van der Waals surface area contributed by atoms with Gasteiger partial charge in [0, 0.05) is 12.6 Å². The molecule has 20 heavy (non-hydrogen) atoms. The van der Waals surface area contributed by atoms with Crippen molar-refractivity contribution in [3.8, 4) is 0 Å². The fourth-order valence-electron chi connectivity index (χ4n) is 2.36. The van der Waals surface area contributed by atoms with Gasteiger partial charge in [0.1, 0.15) is 6.54 Å². The molecule has 0 bridgehead atoms. The van der Waals surface area contributed by atoms with E-state index in [1.165, 1.54) is 0 Å². The second-order valence-corrected chi connectivity index (χ2v) is 7.29. The number of nitrogens with zero attached hydrogens (tertiary/aromatic N) is 1. The van der Waals surface area contributed by atoms with E-state index in [0.29, 0.717) is 17.1 Å². The summed E-state index contributed by atoms with van der Waals surface area (Å²) in [5.41, 5.74) is 0. The highest BCUT2D eigenvalue weighted by Crippen LogP contribution is 2.20. The summed E-state index contributed by atoms with van der Waals surface area (Å²) in [5, 5.41) is 3.21. The standard InChI is InChI=1S/C12H23F3N2O2S/c1-2-8-17(10-12(13,14)15)20(18,19)9-6-11-5-3-4-7-16-11/h11,16H,2-10H2,1H3. The van der Waals surface area contributed by atoms with Crippen molar-refractivity contribution in [3.05, 3.63) is 0 Å². The Hall–Kier alpha value is -0.340. The van der Waals surface area contributed by atoms with Crippen molar-refractivity contribution in [1.82, 2.24) is 9.62 Å². The van der Waals surface area contributed by atoms with Crippen LogP contribution in [0.25, 0.3) is 0 Å². The fourth-order valence-corrected chi connectivity index (χ4v) is 4.00. The number of hydrogen-bond donors (Lipinski definition) is 1. The lowest BCUT2D eigenvalue weighted by Gasteiger charge is -2.26. The quantitative estimate of drug-likeness (QED) is 0.783. The first-order valence-corrected chi connectivity index (χ1v) is 8.63. The Bertz CT molecular complexity index is 379. The monoisotopic (exact) mass is 316 g/mol. The Balaban J connectivity index is 2.57. The maximum Gasteiger partial charge on any atom is 0.402 e. The Kier molecular flexibility index (Phi) is 6.74. The lowest BCUT2D eigenvalue weighted by Crippen LogP contribution is -2.42. The second-order valence-electron chi connectivity index (χ2n) is 5.20. The van der Waals surface area contributed by atoms with Crippen molar-refractivity contribution < 1.29 is 21.6 Å². The van der Waals surface area contributed by atoms with Gasteiger partial charge in [0.25, 0.3) is 0 Å². The maximum absolute atomic E-state index is 12.4. The molecule has 0 spiro atoms. The molecular formula is C12H23F3N2O2S. The molecule has 1 fully saturated rings. The first kappa shape index (κ1) is 17.7. The summed E-state index contributed by atoms with van der Waals surface area (Å²) in [4.78, 5) is 0. The minimum atomic E-state index is -4.49. The maximum atomic E-state index is 12.4. The van der Waals surface area contributed by atoms with Crippen molar-refractivity contribution in [1.29, 1.82) is 0 Å². The second kappa shape index (κ2) is 7.61. The SMILES string of the molecule is CCCN(CC(F)(F)F)S(=O)(=O)CCC1CCCCN1. The van der Waals surface area contributed by atoms with E-state index >= 15 is 0 Å². The van der Waals surface area contributed by atoms with Gasteiger partial charge >= 0.3 is 6.18 Å². The van der Waals surface area contributed by atoms with Gasteiger partial charge in [-0.25, -0.2) is 8.42 Å². The number of sulfonamides is 1. The summed E-state index contributed by atoms with van der Waals surface area (Å²) >= 11 is 0. The molecule has 1 aliphatic heterocycles. The zero-order valence-corrected chi connectivity index (χ0v) is 12.6. The molecule has 1 N–H and O–H groups in total. The van der Waals surface area contributed by atoms with Crippen LogP contribution in [-0.2, 0) is 10.0 Å². The normalized spacial score (nSPS) is 21.4. The molecule has 4 nitrogen and oxygen atoms in total. The lowest BCUT2D eigenvalue weighted by molar-refractivity contribution is -0.136. The Labute approximate surface area is 118 Å². The molecule has 0 radical (unpaired) electrons. The molecule has 1 unspecified atom stereocenters. The van der Waals surface area contributed by atoms with E-state index in [1.54, 1.807) is 6.92 Å². The predicted octanol–water partition coefficient (Wildman–Crippen LogP) is 2.12. The van der Waals surface area contributed by atoms with Gasteiger partial charge in [-0.05, 0) is 32.2 Å². The number of hydrogen-bond acceptors (Lipinski definition) is 3. The van der Waals surface area contributed by atoms with E-state index < -0.39 is 22.7 Å². The lowest BCUT2D eigenvalue weighted by atomic mass is 10.0. The van der Waals surface area contributed by atoms with Crippen LogP contribution in [0.3, 0.4) is 0 Å². The van der Waals surface area contributed by atoms with Crippen molar-refractivity contribution in [2.75, 3.05) is 25.4 Å². The predicted molar refractivity (Wildman–Crippen MR) is 72.0 cm³/mol. The number of halogens is 3. The highest BCUT2D eigenvalue weighted by Gasteiger charge is 2.35. The smallest absolute Gasteiger partial charge is 0.314 e. The van der Waals surface area contributed by atoms with Crippen molar-refractivity contribution in [2.45, 2.75) is 51.2 Å². The molecule has 0 amide bonds. The van der Waals surface area contributed by atoms with E-state index in [9.17, 15) is 21.6 Å². The minimum absolute atomic E-state index is 0.0834. The molecule has 0 aromatic rings. The van der Waals surface area contributed by atoms with E-state index in [2.05, 4.69) is 5.32 Å². The summed E-state index contributed by atoms with van der Waals surface area (Å²) in [6.07, 6.45) is -0.747. The number of piperidine rings is 1. The molecule has 0 saturated carbocycles. The van der Waals surface area contributed by atoms with Crippen LogP contribution < -0.4 is 5.32 Å². The molecule has 0 aromatic carbocycles. The van der Waals surface area contributed by atoms with Crippen LogP contribution in [0.5, 0.6) is 0 Å². The van der Waals surface area contributed by atoms with Gasteiger partial charge in [0.2, 0.25) is 10.0 Å². The van der Waals surface area contributed by atoms with Crippen molar-refractivity contribution in [2.24, 2.45) is 0 Å². The third kappa shape index (κ3) is 6.41. The zero-order chi connectivity index (χ0) is 15.2. The van der Waals surface area contributed by atoms with Crippen molar-refractivity contribution >= 4 is 10.0 Å². The first-order valence-electron chi connectivity index (χ1n) is 7.02. The van der Waals surface area contributed by atoms with Crippen LogP contribution in [0.4, 0.5) is 13.2 Å². The Morgan fingerprint density at radius 3 is 2.50 bits per heavy atom. The van der Waals surface area contributed by atoms with Crippen LogP contribution in [-0.4, -0.2) is 50.3 Å². The van der Waals surface area contributed by atoms with Gasteiger partial charge in [-0.1, -0.05) is 13.3 Å². The van der Waals surface area contributed by atoms with Crippen LogP contribution >= 0.6 is 0 Å². The zero-order valence-electron chi connectivity index (χ0n) is 11.7. The summed E-state index contributed by atoms with van der Waals surface area (Å²) in [7, 11) is -3.84. The van der Waals surface area contributed by atoms with Crippen LogP contribution in [0, 0.1) is 0 Å². The Morgan fingerprint density at radius 2 is 2.00 bits per heavy atom. The summed E-state index contributed by atoms with van der Waals surface area (Å²) in [5.74, 6) is -0.221. The molecule has 8 heteroatoms. The molecule has 120 valence electrons. The highest BCUT2D eigenvalue weighted by molar-refractivity contribution is 7.89. The minimum Gasteiger partial charge on any atom is -0.314 e. The van der Waals surface area contributed by atoms with Crippen LogP contribution in [0.1, 0.15) is 39.0 Å². The third-order valence-electron chi connectivity index (χ3n) is 3.36. The Morgan fingerprint density at radius 1 is 1.30 bits per heavy atom. The molecule has 1 atom stereocenters. The molecular weight excluding hydrogens is 293 g/mol. The molecule has 1 saturated heterocycles. The van der Waals surface area contributed by atoms with Gasteiger partial charge in [-0.2, -0.15) is 17.5 Å². The third-order valence-corrected chi connectivity index (χ3v) is 5.21. The van der Waals surface area contributed by atoms with Crippen LogP contribution in [0.15, 0.2) is 0 Å². The molecule has 0 aromatic heterocycles. The fraction of sp³-hybridized carbons (Fsp3) is 1.00. The molecule has 1 heterocycles. The first-order chi connectivity index (χ1) is 9.24. The summed E-state index contributed by atoms with van der Waals surface area (Å²) < 4.78 is 62.0. The summed E-state index contributed by atoms with van der Waals surface area (Å²) in [6, 6.07) is 0.105. The van der Waals surface area contributed by atoms with E-state index in [-0.39, 0.29) is 18.3 Å². The van der Waals surface area contributed by atoms with Crippen LogP contribution in [0.2, 0.25) is 0 Å². The molecule has 1 aliphatic rings. The highest BCUT2D eigenvalue weighted by atomic mass is 32.2. The average Bonchev–Trinajstić information content (AvgIpc) is 2.36. The molecule has 0 aliphatic carbocycles. The summed E-state index contributed by atoms with van der Waals surface area (Å²) in [6.45, 7) is 1.05. The number of nitrogens with one attached hydrogen (secondary N) is 1. The van der Waals surface area contributed by atoms with Gasteiger partial charge in [0.05, 0.1) is 5.75 Å². The van der Waals surface area contributed by atoms with Gasteiger partial charge in [-0.15, -0.1) is 0 Å². The van der Waals surface area contributed by atoms with E-state index in [4.69, 9.17) is 0 Å². The van der Waals surface area contributed by atoms with Gasteiger partial charge in [-0.3, -0.25) is 0 Å². The van der Waals surface area contributed by atoms with Crippen molar-refractivity contribution in [3.63, 3.8) is 0 Å². The van der Waals surface area contributed by atoms with E-state index in [0.717, 1.165) is 25.8 Å². The topological polar surface area (TPSA) is 49.4 Å². The number of alkyl halides is 3. The molecule has 1 rings (SSSR count). The number of rotatable bonds is 7. The van der Waals surface area contributed by atoms with Gasteiger partial charge < -0.3 is 5.32 Å².